The molecule has 2 heterocycles. The Morgan fingerprint density at radius 1 is 1.47 bits per heavy atom. The molecule has 1 atom stereocenters. The molecule has 5 nitrogen and oxygen atoms in total. The third-order valence-electron chi connectivity index (χ3n) is 4.52. The lowest BCUT2D eigenvalue weighted by molar-refractivity contribution is -0.0894. The van der Waals surface area contributed by atoms with E-state index < -0.39 is 0 Å². The van der Waals surface area contributed by atoms with Crippen LogP contribution in [0.1, 0.15) is 50.3 Å². The molecule has 1 saturated carbocycles. The molecule has 1 saturated heterocycles. The van der Waals surface area contributed by atoms with E-state index in [2.05, 4.69) is 9.72 Å². The SMILES string of the molecule is N/C(=N/O)c1cccn1C1CCOC2(CCCC2)C1. The minimum absolute atomic E-state index is 0.0789. The Balaban J connectivity index is 1.84. The van der Waals surface area contributed by atoms with Crippen molar-refractivity contribution in [2.75, 3.05) is 6.61 Å². The number of ether oxygens (including phenoxy) is 1. The first-order chi connectivity index (χ1) is 9.24. The van der Waals surface area contributed by atoms with Crippen molar-refractivity contribution in [3.8, 4) is 0 Å². The van der Waals surface area contributed by atoms with E-state index in [1.54, 1.807) is 0 Å². The van der Waals surface area contributed by atoms with Gasteiger partial charge in [-0.2, -0.15) is 0 Å². The maximum Gasteiger partial charge on any atom is 0.186 e. The third kappa shape index (κ3) is 2.23. The van der Waals surface area contributed by atoms with E-state index in [4.69, 9.17) is 15.7 Å². The van der Waals surface area contributed by atoms with Gasteiger partial charge in [-0.1, -0.05) is 18.0 Å². The van der Waals surface area contributed by atoms with Crippen molar-refractivity contribution in [2.45, 2.75) is 50.2 Å². The predicted molar refractivity (Wildman–Crippen MR) is 72.4 cm³/mol. The fourth-order valence-electron chi connectivity index (χ4n) is 3.59. The summed E-state index contributed by atoms with van der Waals surface area (Å²) >= 11 is 0. The molecule has 0 amide bonds. The Morgan fingerprint density at radius 2 is 2.26 bits per heavy atom. The lowest BCUT2D eigenvalue weighted by Crippen LogP contribution is -2.38. The van der Waals surface area contributed by atoms with Crippen LogP contribution in [0.25, 0.3) is 0 Å². The van der Waals surface area contributed by atoms with Gasteiger partial charge >= 0.3 is 0 Å². The van der Waals surface area contributed by atoms with Gasteiger partial charge in [-0.25, -0.2) is 0 Å². The van der Waals surface area contributed by atoms with Gasteiger partial charge in [-0.3, -0.25) is 0 Å². The molecule has 3 N–H and O–H groups in total. The molecule has 2 fully saturated rings. The molecule has 1 aromatic rings. The van der Waals surface area contributed by atoms with Crippen molar-refractivity contribution < 1.29 is 9.94 Å². The van der Waals surface area contributed by atoms with Crippen LogP contribution < -0.4 is 5.73 Å². The van der Waals surface area contributed by atoms with Crippen molar-refractivity contribution in [3.63, 3.8) is 0 Å². The summed E-state index contributed by atoms with van der Waals surface area (Å²) in [7, 11) is 0. The van der Waals surface area contributed by atoms with Gasteiger partial charge in [0.15, 0.2) is 5.84 Å². The number of nitrogens with two attached hydrogens (primary N) is 1. The highest BCUT2D eigenvalue weighted by Crippen LogP contribution is 2.43. The summed E-state index contributed by atoms with van der Waals surface area (Å²) in [6.07, 6.45) is 8.92. The fourth-order valence-corrected chi connectivity index (χ4v) is 3.59. The normalized spacial score (nSPS) is 26.9. The second kappa shape index (κ2) is 4.89. The minimum Gasteiger partial charge on any atom is -0.409 e. The second-order valence-corrected chi connectivity index (χ2v) is 5.67. The van der Waals surface area contributed by atoms with E-state index in [-0.39, 0.29) is 11.4 Å². The maximum absolute atomic E-state index is 8.86. The van der Waals surface area contributed by atoms with E-state index in [0.29, 0.717) is 6.04 Å². The smallest absolute Gasteiger partial charge is 0.186 e. The molecular weight excluding hydrogens is 242 g/mol. The first-order valence-corrected chi connectivity index (χ1v) is 7.03. The number of hydrogen-bond donors (Lipinski definition) is 2. The molecule has 104 valence electrons. The quantitative estimate of drug-likeness (QED) is 0.372. The summed E-state index contributed by atoms with van der Waals surface area (Å²) in [4.78, 5) is 0. The summed E-state index contributed by atoms with van der Waals surface area (Å²) < 4.78 is 8.19. The number of aromatic nitrogens is 1. The summed E-state index contributed by atoms with van der Waals surface area (Å²) in [6.45, 7) is 0.804. The minimum atomic E-state index is 0.0789. The molecule has 1 aliphatic heterocycles. The van der Waals surface area contributed by atoms with Crippen molar-refractivity contribution in [1.29, 1.82) is 0 Å². The zero-order chi connectivity index (χ0) is 13.3. The highest BCUT2D eigenvalue weighted by atomic mass is 16.5. The Labute approximate surface area is 113 Å². The molecule has 0 radical (unpaired) electrons. The van der Waals surface area contributed by atoms with E-state index in [1.165, 1.54) is 25.7 Å². The van der Waals surface area contributed by atoms with Crippen LogP contribution in [0.15, 0.2) is 23.5 Å². The third-order valence-corrected chi connectivity index (χ3v) is 4.52. The van der Waals surface area contributed by atoms with Crippen LogP contribution in [0.3, 0.4) is 0 Å². The number of rotatable bonds is 2. The van der Waals surface area contributed by atoms with Gasteiger partial charge in [0.05, 0.1) is 11.3 Å². The first-order valence-electron chi connectivity index (χ1n) is 7.03. The van der Waals surface area contributed by atoms with Gasteiger partial charge in [0.2, 0.25) is 0 Å². The van der Waals surface area contributed by atoms with Gasteiger partial charge < -0.3 is 20.2 Å². The summed E-state index contributed by atoms with van der Waals surface area (Å²) in [6, 6.07) is 4.23. The zero-order valence-electron chi connectivity index (χ0n) is 11.1. The predicted octanol–water partition coefficient (Wildman–Crippen LogP) is 2.25. The molecule has 1 unspecified atom stereocenters. The standard InChI is InChI=1S/C14H21N3O2/c15-13(16-18)12-4-3-8-17(12)11-5-9-19-14(10-11)6-1-2-7-14/h3-4,8,11,18H,1-2,5-7,9-10H2,(H2,15,16). The van der Waals surface area contributed by atoms with Gasteiger partial charge in [0.25, 0.3) is 0 Å². The topological polar surface area (TPSA) is 72.8 Å². The lowest BCUT2D eigenvalue weighted by Gasteiger charge is -2.39. The van der Waals surface area contributed by atoms with Crippen LogP contribution in [0.5, 0.6) is 0 Å². The van der Waals surface area contributed by atoms with E-state index >= 15 is 0 Å². The highest BCUT2D eigenvalue weighted by molar-refractivity contribution is 5.95. The monoisotopic (exact) mass is 263 g/mol. The summed E-state index contributed by atoms with van der Waals surface area (Å²) in [5.74, 6) is 0.178. The van der Waals surface area contributed by atoms with E-state index in [9.17, 15) is 0 Å². The molecule has 1 spiro atoms. The van der Waals surface area contributed by atoms with Crippen LogP contribution >= 0.6 is 0 Å². The molecule has 5 heteroatoms. The largest absolute Gasteiger partial charge is 0.409 e. The van der Waals surface area contributed by atoms with Gasteiger partial charge in [0, 0.05) is 18.8 Å². The Bertz CT molecular complexity index is 475. The first kappa shape index (κ1) is 12.5. The molecule has 2 aliphatic rings. The van der Waals surface area contributed by atoms with Gasteiger partial charge in [-0.15, -0.1) is 0 Å². The van der Waals surface area contributed by atoms with E-state index in [0.717, 1.165) is 25.1 Å². The molecule has 1 aromatic heterocycles. The summed E-state index contributed by atoms with van der Waals surface area (Å²) in [5.41, 5.74) is 6.61. The fraction of sp³-hybridized carbons (Fsp3) is 0.643. The molecule has 3 rings (SSSR count). The highest BCUT2D eigenvalue weighted by Gasteiger charge is 2.40. The zero-order valence-corrected chi connectivity index (χ0v) is 11.1. The molecular formula is C14H21N3O2. The van der Waals surface area contributed by atoms with Gasteiger partial charge in [-0.05, 0) is 37.8 Å². The summed E-state index contributed by atoms with van der Waals surface area (Å²) in [5, 5.41) is 12.0. The number of hydrogen-bond acceptors (Lipinski definition) is 3. The molecule has 1 aliphatic carbocycles. The van der Waals surface area contributed by atoms with Crippen LogP contribution in [0, 0.1) is 0 Å². The number of nitrogens with zero attached hydrogens (tertiary/aromatic N) is 2. The second-order valence-electron chi connectivity index (χ2n) is 5.67. The molecule has 0 bridgehead atoms. The van der Waals surface area contributed by atoms with Crippen molar-refractivity contribution >= 4 is 5.84 Å². The molecule has 0 aromatic carbocycles. The number of amidine groups is 1. The van der Waals surface area contributed by atoms with Crippen LogP contribution in [-0.2, 0) is 4.74 Å². The Kier molecular flexibility index (Phi) is 3.22. The van der Waals surface area contributed by atoms with Crippen LogP contribution in [-0.4, -0.2) is 27.8 Å². The Morgan fingerprint density at radius 3 is 3.00 bits per heavy atom. The van der Waals surface area contributed by atoms with Crippen LogP contribution in [0.2, 0.25) is 0 Å². The average molecular weight is 263 g/mol. The lowest BCUT2D eigenvalue weighted by atomic mass is 9.88. The number of oxime groups is 1. The van der Waals surface area contributed by atoms with Crippen LogP contribution in [0.4, 0.5) is 0 Å². The van der Waals surface area contributed by atoms with E-state index in [1.807, 2.05) is 18.3 Å². The van der Waals surface area contributed by atoms with Crippen molar-refractivity contribution in [3.05, 3.63) is 24.0 Å². The van der Waals surface area contributed by atoms with Crippen molar-refractivity contribution in [1.82, 2.24) is 4.57 Å². The van der Waals surface area contributed by atoms with Gasteiger partial charge in [0.1, 0.15) is 0 Å². The van der Waals surface area contributed by atoms with Crippen molar-refractivity contribution in [2.24, 2.45) is 10.9 Å². The Hall–Kier alpha value is -1.49. The maximum atomic E-state index is 8.86. The average Bonchev–Trinajstić information content (AvgIpc) is 3.07. The molecule has 19 heavy (non-hydrogen) atoms.